The molecule has 3 aromatic rings. The van der Waals surface area contributed by atoms with Crippen molar-refractivity contribution in [3.05, 3.63) is 57.4 Å². The third-order valence-corrected chi connectivity index (χ3v) is 8.13. The van der Waals surface area contributed by atoms with Gasteiger partial charge in [-0.1, -0.05) is 23.7 Å². The highest BCUT2D eigenvalue weighted by molar-refractivity contribution is 6.35. The maximum Gasteiger partial charge on any atom is 0.411 e. The van der Waals surface area contributed by atoms with Gasteiger partial charge >= 0.3 is 6.18 Å². The van der Waals surface area contributed by atoms with Crippen LogP contribution in [0, 0.1) is 19.8 Å². The van der Waals surface area contributed by atoms with Crippen molar-refractivity contribution in [3.8, 4) is 5.75 Å². The summed E-state index contributed by atoms with van der Waals surface area (Å²) in [6.07, 6.45) is 0.464. The second-order valence-electron chi connectivity index (χ2n) is 10.2. The summed E-state index contributed by atoms with van der Waals surface area (Å²) in [5, 5.41) is 0.525. The molecule has 4 nitrogen and oxygen atoms in total. The van der Waals surface area contributed by atoms with Crippen LogP contribution in [-0.2, 0) is 17.7 Å². The molecular weight excluding hydrogens is 489 g/mol. The summed E-state index contributed by atoms with van der Waals surface area (Å²) in [6.45, 7) is 3.76. The number of alkyl halides is 3. The van der Waals surface area contributed by atoms with E-state index in [9.17, 15) is 13.2 Å². The van der Waals surface area contributed by atoms with E-state index in [4.69, 9.17) is 26.1 Å². The molecule has 0 saturated heterocycles. The van der Waals surface area contributed by atoms with Crippen LogP contribution >= 0.6 is 11.6 Å². The molecule has 2 aromatic carbocycles. The molecule has 2 aliphatic rings. The number of halogens is 4. The second-order valence-corrected chi connectivity index (χ2v) is 10.6. The number of aryl methyl sites for hydroxylation is 2. The molecule has 1 aromatic heterocycles. The predicted octanol–water partition coefficient (Wildman–Crippen LogP) is 7.86. The SMILES string of the molecule is COc1ccc([C@@H]2CCCn3c(nc4c(Cl)ccc(C(OCC(F)(F)F)C5CC5)c43)CC2)c(C)c1C. The second kappa shape index (κ2) is 9.90. The molecule has 0 N–H and O–H groups in total. The van der Waals surface area contributed by atoms with E-state index in [1.807, 2.05) is 6.07 Å². The Morgan fingerprint density at radius 1 is 1.08 bits per heavy atom. The molecule has 36 heavy (non-hydrogen) atoms. The van der Waals surface area contributed by atoms with Crippen LogP contribution in [-0.4, -0.2) is 29.4 Å². The minimum Gasteiger partial charge on any atom is -0.496 e. The number of benzene rings is 2. The maximum absolute atomic E-state index is 13.0. The van der Waals surface area contributed by atoms with Crippen LogP contribution in [0.1, 0.15) is 72.2 Å². The molecule has 0 bridgehead atoms. The average Bonchev–Trinajstić information content (AvgIpc) is 3.59. The van der Waals surface area contributed by atoms with Crippen LogP contribution in [0.3, 0.4) is 0 Å². The Morgan fingerprint density at radius 3 is 2.56 bits per heavy atom. The number of hydrogen-bond donors (Lipinski definition) is 0. The number of methoxy groups -OCH3 is 1. The first-order valence-corrected chi connectivity index (χ1v) is 13.1. The summed E-state index contributed by atoms with van der Waals surface area (Å²) in [7, 11) is 1.70. The number of hydrogen-bond acceptors (Lipinski definition) is 3. The van der Waals surface area contributed by atoms with E-state index < -0.39 is 18.9 Å². The molecule has 1 unspecified atom stereocenters. The van der Waals surface area contributed by atoms with E-state index in [0.717, 1.165) is 67.7 Å². The molecule has 5 rings (SSSR count). The van der Waals surface area contributed by atoms with Crippen molar-refractivity contribution in [2.45, 2.75) is 77.1 Å². The Bertz CT molecular complexity index is 1270. The number of fused-ring (bicyclic) bond motifs is 3. The minimum atomic E-state index is -4.36. The van der Waals surface area contributed by atoms with Gasteiger partial charge in [0.2, 0.25) is 0 Å². The first kappa shape index (κ1) is 25.4. The van der Waals surface area contributed by atoms with Crippen LogP contribution in [0.15, 0.2) is 24.3 Å². The lowest BCUT2D eigenvalue weighted by Gasteiger charge is -2.25. The summed E-state index contributed by atoms with van der Waals surface area (Å²) < 4.78 is 52.2. The lowest BCUT2D eigenvalue weighted by atomic mass is 9.85. The molecule has 0 spiro atoms. The quantitative estimate of drug-likeness (QED) is 0.332. The van der Waals surface area contributed by atoms with E-state index in [1.165, 1.54) is 16.7 Å². The zero-order chi connectivity index (χ0) is 25.6. The Morgan fingerprint density at radius 2 is 1.86 bits per heavy atom. The van der Waals surface area contributed by atoms with E-state index in [2.05, 4.69) is 30.5 Å². The highest BCUT2D eigenvalue weighted by Gasteiger charge is 2.39. The van der Waals surface area contributed by atoms with Gasteiger partial charge in [0, 0.05) is 18.5 Å². The molecule has 1 aliphatic heterocycles. The number of aromatic nitrogens is 2. The van der Waals surface area contributed by atoms with Gasteiger partial charge in [-0.05, 0) is 86.6 Å². The van der Waals surface area contributed by atoms with Crippen molar-refractivity contribution in [3.63, 3.8) is 0 Å². The Balaban J connectivity index is 1.48. The van der Waals surface area contributed by atoms with Crippen molar-refractivity contribution < 1.29 is 22.6 Å². The Kier molecular flexibility index (Phi) is 6.98. The van der Waals surface area contributed by atoms with Gasteiger partial charge in [0.25, 0.3) is 0 Å². The Labute approximate surface area is 214 Å². The lowest BCUT2D eigenvalue weighted by molar-refractivity contribution is -0.188. The van der Waals surface area contributed by atoms with E-state index >= 15 is 0 Å². The zero-order valence-corrected chi connectivity index (χ0v) is 21.7. The predicted molar refractivity (Wildman–Crippen MR) is 135 cm³/mol. The molecule has 2 atom stereocenters. The molecule has 1 aliphatic carbocycles. The molecule has 2 heterocycles. The highest BCUT2D eigenvalue weighted by Crippen LogP contribution is 2.47. The van der Waals surface area contributed by atoms with Crippen molar-refractivity contribution >= 4 is 22.6 Å². The zero-order valence-electron chi connectivity index (χ0n) is 20.9. The monoisotopic (exact) mass is 520 g/mol. The van der Waals surface area contributed by atoms with Gasteiger partial charge in [-0.3, -0.25) is 0 Å². The minimum absolute atomic E-state index is 0.0992. The van der Waals surface area contributed by atoms with Crippen molar-refractivity contribution in [1.29, 1.82) is 0 Å². The molecule has 1 fully saturated rings. The first-order chi connectivity index (χ1) is 17.2. The van der Waals surface area contributed by atoms with Crippen LogP contribution in [0.5, 0.6) is 5.75 Å². The maximum atomic E-state index is 13.0. The lowest BCUT2D eigenvalue weighted by Crippen LogP contribution is -2.21. The summed E-state index contributed by atoms with van der Waals surface area (Å²) in [5.41, 5.74) is 6.08. The van der Waals surface area contributed by atoms with Crippen LogP contribution < -0.4 is 4.74 Å². The Hall–Kier alpha value is -2.25. The highest BCUT2D eigenvalue weighted by atomic mass is 35.5. The van der Waals surface area contributed by atoms with Crippen molar-refractivity contribution in [2.75, 3.05) is 13.7 Å². The standard InChI is InChI=1S/C28H32ClF3N2O2/c1-16-17(2)23(35-3)12-10-20(16)18-5-4-14-34-24(13-8-18)33-25-22(29)11-9-21(26(25)34)27(19-6-7-19)36-15-28(30,31)32/h9-12,18-19,27H,4-8,13-15H2,1-3H3/t18-,27?/m1/s1. The van der Waals surface area contributed by atoms with Crippen molar-refractivity contribution in [1.82, 2.24) is 9.55 Å². The van der Waals surface area contributed by atoms with Gasteiger partial charge in [0.1, 0.15) is 23.7 Å². The third-order valence-electron chi connectivity index (χ3n) is 7.83. The van der Waals surface area contributed by atoms with Crippen LogP contribution in [0.25, 0.3) is 11.0 Å². The average molecular weight is 521 g/mol. The molecule has 8 heteroatoms. The van der Waals surface area contributed by atoms with E-state index in [1.54, 1.807) is 13.2 Å². The molecule has 1 saturated carbocycles. The molecule has 0 amide bonds. The topological polar surface area (TPSA) is 36.3 Å². The summed E-state index contributed by atoms with van der Waals surface area (Å²) in [4.78, 5) is 4.91. The normalized spacial score (nSPS) is 19.6. The van der Waals surface area contributed by atoms with E-state index in [0.29, 0.717) is 16.5 Å². The number of ether oxygens (including phenoxy) is 2. The van der Waals surface area contributed by atoms with Gasteiger partial charge in [0.15, 0.2) is 0 Å². The van der Waals surface area contributed by atoms with E-state index in [-0.39, 0.29) is 5.92 Å². The molecular formula is C28H32ClF3N2O2. The van der Waals surface area contributed by atoms with Crippen LogP contribution in [0.2, 0.25) is 5.02 Å². The first-order valence-electron chi connectivity index (χ1n) is 12.7. The number of imidazole rings is 1. The van der Waals surface area contributed by atoms with Crippen LogP contribution in [0.4, 0.5) is 13.2 Å². The molecule has 0 radical (unpaired) electrons. The summed E-state index contributed by atoms with van der Waals surface area (Å²) in [6, 6.07) is 7.82. The van der Waals surface area contributed by atoms with Gasteiger partial charge in [-0.15, -0.1) is 0 Å². The fourth-order valence-corrected chi connectivity index (χ4v) is 5.93. The summed E-state index contributed by atoms with van der Waals surface area (Å²) in [5.74, 6) is 2.36. The third kappa shape index (κ3) is 4.97. The van der Waals surface area contributed by atoms with Gasteiger partial charge < -0.3 is 14.0 Å². The van der Waals surface area contributed by atoms with Gasteiger partial charge in [0.05, 0.1) is 23.8 Å². The molecule has 194 valence electrons. The van der Waals surface area contributed by atoms with Gasteiger partial charge in [-0.25, -0.2) is 4.98 Å². The summed E-state index contributed by atoms with van der Waals surface area (Å²) >= 11 is 6.56. The number of nitrogens with zero attached hydrogens (tertiary/aromatic N) is 2. The fourth-order valence-electron chi connectivity index (χ4n) is 5.74. The van der Waals surface area contributed by atoms with Gasteiger partial charge in [-0.2, -0.15) is 13.2 Å². The van der Waals surface area contributed by atoms with Crippen molar-refractivity contribution in [2.24, 2.45) is 5.92 Å². The fraction of sp³-hybridized carbons (Fsp3) is 0.536. The smallest absolute Gasteiger partial charge is 0.411 e. The number of rotatable bonds is 6. The largest absolute Gasteiger partial charge is 0.496 e.